The number of benzene rings is 1. The number of hydrogen-bond donors (Lipinski definition) is 0. The number of aromatic nitrogens is 1. The highest BCUT2D eigenvalue weighted by molar-refractivity contribution is 5.59. The monoisotopic (exact) mass is 199 g/mol. The molecule has 0 atom stereocenters. The van der Waals surface area contributed by atoms with Crippen LogP contribution in [0.3, 0.4) is 0 Å². The molecule has 0 N–H and O–H groups in total. The molecule has 1 heteroatoms. The van der Waals surface area contributed by atoms with Crippen molar-refractivity contribution in [3.8, 4) is 11.3 Å². The zero-order valence-corrected chi connectivity index (χ0v) is 9.35. The van der Waals surface area contributed by atoms with Gasteiger partial charge in [-0.1, -0.05) is 44.2 Å². The van der Waals surface area contributed by atoms with Gasteiger partial charge in [0.05, 0.1) is 0 Å². The van der Waals surface area contributed by atoms with Gasteiger partial charge < -0.3 is 4.57 Å². The molecule has 0 saturated heterocycles. The van der Waals surface area contributed by atoms with E-state index in [9.17, 15) is 0 Å². The van der Waals surface area contributed by atoms with Crippen molar-refractivity contribution < 1.29 is 0 Å². The van der Waals surface area contributed by atoms with E-state index in [0.29, 0.717) is 5.92 Å². The normalized spacial score (nSPS) is 10.9. The van der Waals surface area contributed by atoms with E-state index < -0.39 is 0 Å². The van der Waals surface area contributed by atoms with Crippen LogP contribution >= 0.6 is 0 Å². The maximum atomic E-state index is 2.32. The van der Waals surface area contributed by atoms with Crippen LogP contribution in [-0.2, 0) is 6.54 Å². The molecule has 0 fully saturated rings. The third kappa shape index (κ3) is 2.30. The SMILES string of the molecule is CC(C)Cn1cccc1-c1ccccc1. The van der Waals surface area contributed by atoms with Crippen LogP contribution in [0.4, 0.5) is 0 Å². The average Bonchev–Trinajstić information content (AvgIpc) is 2.66. The summed E-state index contributed by atoms with van der Waals surface area (Å²) in [4.78, 5) is 0. The molecule has 1 nitrogen and oxygen atoms in total. The van der Waals surface area contributed by atoms with Gasteiger partial charge in [-0.15, -0.1) is 0 Å². The third-order valence-corrected chi connectivity index (χ3v) is 2.46. The molecule has 1 heterocycles. The lowest BCUT2D eigenvalue weighted by molar-refractivity contribution is 0.528. The minimum Gasteiger partial charge on any atom is -0.347 e. The Morgan fingerprint density at radius 2 is 1.73 bits per heavy atom. The lowest BCUT2D eigenvalue weighted by Gasteiger charge is -2.11. The molecule has 1 aromatic carbocycles. The molecule has 0 aliphatic heterocycles. The lowest BCUT2D eigenvalue weighted by atomic mass is 10.1. The van der Waals surface area contributed by atoms with Gasteiger partial charge >= 0.3 is 0 Å². The fourth-order valence-electron chi connectivity index (χ4n) is 1.84. The Balaban J connectivity index is 2.33. The van der Waals surface area contributed by atoms with Gasteiger partial charge in [0.2, 0.25) is 0 Å². The van der Waals surface area contributed by atoms with Gasteiger partial charge in [0.1, 0.15) is 0 Å². The van der Waals surface area contributed by atoms with Crippen LogP contribution in [-0.4, -0.2) is 4.57 Å². The minimum atomic E-state index is 0.680. The number of rotatable bonds is 3. The Morgan fingerprint density at radius 3 is 2.40 bits per heavy atom. The molecule has 0 amide bonds. The molecule has 0 bridgehead atoms. The second-order valence-corrected chi connectivity index (χ2v) is 4.31. The van der Waals surface area contributed by atoms with E-state index >= 15 is 0 Å². The van der Waals surface area contributed by atoms with E-state index in [4.69, 9.17) is 0 Å². The van der Waals surface area contributed by atoms with Crippen LogP contribution < -0.4 is 0 Å². The standard InChI is InChI=1S/C14H17N/c1-12(2)11-15-10-6-9-14(15)13-7-4-3-5-8-13/h3-10,12H,11H2,1-2H3. The highest BCUT2D eigenvalue weighted by atomic mass is 15.0. The first-order valence-electron chi connectivity index (χ1n) is 5.48. The zero-order chi connectivity index (χ0) is 10.7. The zero-order valence-electron chi connectivity index (χ0n) is 9.35. The third-order valence-electron chi connectivity index (χ3n) is 2.46. The van der Waals surface area contributed by atoms with Crippen LogP contribution in [0.15, 0.2) is 48.7 Å². The second kappa shape index (κ2) is 4.35. The first kappa shape index (κ1) is 10.0. The highest BCUT2D eigenvalue weighted by Gasteiger charge is 2.04. The van der Waals surface area contributed by atoms with Crippen molar-refractivity contribution in [1.82, 2.24) is 4.57 Å². The Bertz CT molecular complexity index is 412. The molecule has 0 aliphatic carbocycles. The van der Waals surface area contributed by atoms with E-state index in [1.165, 1.54) is 11.3 Å². The molecule has 2 aromatic rings. The molecule has 0 aliphatic rings. The maximum Gasteiger partial charge on any atom is 0.0480 e. The van der Waals surface area contributed by atoms with Gasteiger partial charge in [-0.2, -0.15) is 0 Å². The number of nitrogens with zero attached hydrogens (tertiary/aromatic N) is 1. The van der Waals surface area contributed by atoms with Crippen molar-refractivity contribution in [2.75, 3.05) is 0 Å². The van der Waals surface area contributed by atoms with Gasteiger partial charge in [0.25, 0.3) is 0 Å². The van der Waals surface area contributed by atoms with E-state index in [1.54, 1.807) is 0 Å². The summed E-state index contributed by atoms with van der Waals surface area (Å²) in [5.41, 5.74) is 2.60. The Kier molecular flexibility index (Phi) is 2.91. The summed E-state index contributed by atoms with van der Waals surface area (Å²) in [6.45, 7) is 5.57. The summed E-state index contributed by atoms with van der Waals surface area (Å²) in [6.07, 6.45) is 2.16. The molecule has 15 heavy (non-hydrogen) atoms. The molecule has 0 unspecified atom stereocenters. The summed E-state index contributed by atoms with van der Waals surface area (Å²) < 4.78 is 2.32. The van der Waals surface area contributed by atoms with Gasteiger partial charge in [0.15, 0.2) is 0 Å². The first-order valence-corrected chi connectivity index (χ1v) is 5.48. The predicted octanol–water partition coefficient (Wildman–Crippen LogP) is 3.81. The van der Waals surface area contributed by atoms with Crippen LogP contribution in [0, 0.1) is 5.92 Å². The van der Waals surface area contributed by atoms with E-state index in [2.05, 4.69) is 67.1 Å². The molecule has 2 rings (SSSR count). The van der Waals surface area contributed by atoms with Crippen molar-refractivity contribution in [2.24, 2.45) is 5.92 Å². The van der Waals surface area contributed by atoms with Crippen molar-refractivity contribution in [2.45, 2.75) is 20.4 Å². The molecule has 0 saturated carbocycles. The van der Waals surface area contributed by atoms with Crippen LogP contribution in [0.1, 0.15) is 13.8 Å². The summed E-state index contributed by atoms with van der Waals surface area (Å²) in [5, 5.41) is 0. The first-order chi connectivity index (χ1) is 7.27. The molecule has 0 spiro atoms. The fourth-order valence-corrected chi connectivity index (χ4v) is 1.84. The molecule has 1 aromatic heterocycles. The molecular formula is C14H17N. The molecule has 0 radical (unpaired) electrons. The largest absolute Gasteiger partial charge is 0.347 e. The van der Waals surface area contributed by atoms with Crippen molar-refractivity contribution in [3.05, 3.63) is 48.7 Å². The number of hydrogen-bond acceptors (Lipinski definition) is 0. The Hall–Kier alpha value is -1.50. The Labute approximate surface area is 91.4 Å². The Morgan fingerprint density at radius 1 is 1.00 bits per heavy atom. The van der Waals surface area contributed by atoms with E-state index in [1.807, 2.05) is 0 Å². The molecular weight excluding hydrogens is 182 g/mol. The topological polar surface area (TPSA) is 4.93 Å². The summed E-state index contributed by atoms with van der Waals surface area (Å²) >= 11 is 0. The van der Waals surface area contributed by atoms with Gasteiger partial charge in [-0.3, -0.25) is 0 Å². The summed E-state index contributed by atoms with van der Waals surface area (Å²) in [7, 11) is 0. The quantitative estimate of drug-likeness (QED) is 0.708. The summed E-state index contributed by atoms with van der Waals surface area (Å²) in [6, 6.07) is 14.8. The maximum absolute atomic E-state index is 2.32. The summed E-state index contributed by atoms with van der Waals surface area (Å²) in [5.74, 6) is 0.680. The predicted molar refractivity (Wildman–Crippen MR) is 64.7 cm³/mol. The van der Waals surface area contributed by atoms with E-state index in [-0.39, 0.29) is 0 Å². The molecule has 78 valence electrons. The fraction of sp³-hybridized carbons (Fsp3) is 0.286. The highest BCUT2D eigenvalue weighted by Crippen LogP contribution is 2.20. The van der Waals surface area contributed by atoms with E-state index in [0.717, 1.165) is 6.54 Å². The van der Waals surface area contributed by atoms with Gasteiger partial charge in [-0.05, 0) is 23.6 Å². The minimum absolute atomic E-state index is 0.680. The smallest absolute Gasteiger partial charge is 0.0480 e. The van der Waals surface area contributed by atoms with Crippen LogP contribution in [0.5, 0.6) is 0 Å². The lowest BCUT2D eigenvalue weighted by Crippen LogP contribution is -2.04. The van der Waals surface area contributed by atoms with Crippen molar-refractivity contribution in [1.29, 1.82) is 0 Å². The van der Waals surface area contributed by atoms with Gasteiger partial charge in [0, 0.05) is 18.4 Å². The average molecular weight is 199 g/mol. The van der Waals surface area contributed by atoms with Gasteiger partial charge in [-0.25, -0.2) is 0 Å². The van der Waals surface area contributed by atoms with Crippen LogP contribution in [0.2, 0.25) is 0 Å². The van der Waals surface area contributed by atoms with Crippen LogP contribution in [0.25, 0.3) is 11.3 Å². The van der Waals surface area contributed by atoms with Crippen molar-refractivity contribution >= 4 is 0 Å². The second-order valence-electron chi connectivity index (χ2n) is 4.31. The van der Waals surface area contributed by atoms with Crippen molar-refractivity contribution in [3.63, 3.8) is 0 Å².